The zero-order valence-corrected chi connectivity index (χ0v) is 12.9. The van der Waals surface area contributed by atoms with Gasteiger partial charge in [-0.1, -0.05) is 0 Å². The fourth-order valence-electron chi connectivity index (χ4n) is 2.99. The van der Waals surface area contributed by atoms with Gasteiger partial charge in [-0.25, -0.2) is 9.78 Å². The van der Waals surface area contributed by atoms with Gasteiger partial charge in [0, 0.05) is 32.5 Å². The first-order chi connectivity index (χ1) is 10.7. The first kappa shape index (κ1) is 14.6. The number of piperidine rings is 1. The molecule has 0 aliphatic carbocycles. The van der Waals surface area contributed by atoms with Crippen LogP contribution in [0.25, 0.3) is 0 Å². The Hall–Kier alpha value is -2.37. The smallest absolute Gasteiger partial charge is 0.341 e. The standard InChI is InChI=1S/C16H20N4O2/c1-19-11-13(10-18-19)12-5-8-20(9-6-12)15-14(16(21)22-2)4-3-7-17-15/h3-4,7,10-12H,5-6,8-9H2,1-2H3. The summed E-state index contributed by atoms with van der Waals surface area (Å²) >= 11 is 0. The number of ether oxygens (including phenoxy) is 1. The summed E-state index contributed by atoms with van der Waals surface area (Å²) in [5.74, 6) is 0.909. The van der Waals surface area contributed by atoms with Crippen molar-refractivity contribution in [2.24, 2.45) is 7.05 Å². The molecule has 116 valence electrons. The van der Waals surface area contributed by atoms with Crippen LogP contribution in [-0.2, 0) is 11.8 Å². The first-order valence-electron chi connectivity index (χ1n) is 7.46. The second-order valence-electron chi connectivity index (χ2n) is 5.57. The van der Waals surface area contributed by atoms with E-state index in [0.717, 1.165) is 31.7 Å². The van der Waals surface area contributed by atoms with Crippen molar-refractivity contribution in [1.29, 1.82) is 0 Å². The van der Waals surface area contributed by atoms with Gasteiger partial charge < -0.3 is 9.64 Å². The Bertz CT molecular complexity index is 660. The highest BCUT2D eigenvalue weighted by molar-refractivity contribution is 5.94. The van der Waals surface area contributed by atoms with Gasteiger partial charge in [0.25, 0.3) is 0 Å². The highest BCUT2D eigenvalue weighted by Crippen LogP contribution is 2.30. The molecule has 0 amide bonds. The van der Waals surface area contributed by atoms with Gasteiger partial charge in [-0.05, 0) is 36.5 Å². The predicted octanol–water partition coefficient (Wildman–Crippen LogP) is 1.99. The van der Waals surface area contributed by atoms with Crippen LogP contribution in [0.5, 0.6) is 0 Å². The Morgan fingerprint density at radius 2 is 2.14 bits per heavy atom. The van der Waals surface area contributed by atoms with Crippen LogP contribution in [-0.4, -0.2) is 40.9 Å². The molecule has 0 atom stereocenters. The number of pyridine rings is 1. The van der Waals surface area contributed by atoms with Crippen molar-refractivity contribution in [2.45, 2.75) is 18.8 Å². The summed E-state index contributed by atoms with van der Waals surface area (Å²) in [5.41, 5.74) is 1.82. The van der Waals surface area contributed by atoms with Crippen molar-refractivity contribution < 1.29 is 9.53 Å². The predicted molar refractivity (Wildman–Crippen MR) is 83.0 cm³/mol. The average Bonchev–Trinajstić information content (AvgIpc) is 3.01. The Labute approximate surface area is 129 Å². The molecular formula is C16H20N4O2. The van der Waals surface area contributed by atoms with Crippen molar-refractivity contribution in [1.82, 2.24) is 14.8 Å². The number of carbonyl (C=O) groups excluding carboxylic acids is 1. The molecule has 0 bridgehead atoms. The summed E-state index contributed by atoms with van der Waals surface area (Å²) in [6.45, 7) is 1.75. The van der Waals surface area contributed by atoms with E-state index in [1.54, 1.807) is 18.3 Å². The summed E-state index contributed by atoms with van der Waals surface area (Å²) in [7, 11) is 3.34. The van der Waals surface area contributed by atoms with Crippen molar-refractivity contribution in [3.05, 3.63) is 41.9 Å². The van der Waals surface area contributed by atoms with Crippen molar-refractivity contribution in [3.63, 3.8) is 0 Å². The van der Waals surface area contributed by atoms with Crippen LogP contribution in [0.15, 0.2) is 30.7 Å². The summed E-state index contributed by atoms with van der Waals surface area (Å²) < 4.78 is 6.69. The third-order valence-corrected chi connectivity index (χ3v) is 4.18. The average molecular weight is 300 g/mol. The second kappa shape index (κ2) is 6.17. The number of aromatic nitrogens is 3. The highest BCUT2D eigenvalue weighted by Gasteiger charge is 2.25. The molecule has 0 saturated carbocycles. The summed E-state index contributed by atoms with van der Waals surface area (Å²) in [6.07, 6.45) is 7.81. The molecule has 0 unspecified atom stereocenters. The number of nitrogens with zero attached hydrogens (tertiary/aromatic N) is 4. The lowest BCUT2D eigenvalue weighted by Gasteiger charge is -2.33. The Morgan fingerprint density at radius 1 is 1.36 bits per heavy atom. The van der Waals surface area contributed by atoms with Crippen LogP contribution in [0.1, 0.15) is 34.7 Å². The van der Waals surface area contributed by atoms with Crippen molar-refractivity contribution in [2.75, 3.05) is 25.1 Å². The Morgan fingerprint density at radius 3 is 2.77 bits per heavy atom. The number of esters is 1. The van der Waals surface area contributed by atoms with E-state index < -0.39 is 0 Å². The molecule has 2 aromatic heterocycles. The quantitative estimate of drug-likeness (QED) is 0.811. The van der Waals surface area contributed by atoms with Crippen LogP contribution in [0.2, 0.25) is 0 Å². The van der Waals surface area contributed by atoms with Crippen LogP contribution >= 0.6 is 0 Å². The molecule has 1 aliphatic rings. The normalized spacial score (nSPS) is 15.8. The second-order valence-corrected chi connectivity index (χ2v) is 5.57. The van der Waals surface area contributed by atoms with Gasteiger partial charge >= 0.3 is 5.97 Å². The minimum atomic E-state index is -0.336. The molecule has 1 aliphatic heterocycles. The van der Waals surface area contributed by atoms with Crippen molar-refractivity contribution >= 4 is 11.8 Å². The maximum Gasteiger partial charge on any atom is 0.341 e. The number of methoxy groups -OCH3 is 1. The molecule has 0 aromatic carbocycles. The summed E-state index contributed by atoms with van der Waals surface area (Å²) in [4.78, 5) is 18.4. The number of carbonyl (C=O) groups is 1. The molecule has 3 heterocycles. The third kappa shape index (κ3) is 2.81. The summed E-state index contributed by atoms with van der Waals surface area (Å²) in [6, 6.07) is 3.53. The molecule has 22 heavy (non-hydrogen) atoms. The Kier molecular flexibility index (Phi) is 4.09. The fraction of sp³-hybridized carbons (Fsp3) is 0.438. The number of anilines is 1. The van der Waals surface area contributed by atoms with Gasteiger partial charge in [-0.2, -0.15) is 5.10 Å². The van der Waals surface area contributed by atoms with E-state index in [4.69, 9.17) is 4.74 Å². The van der Waals surface area contributed by atoms with E-state index in [9.17, 15) is 4.79 Å². The zero-order chi connectivity index (χ0) is 15.5. The highest BCUT2D eigenvalue weighted by atomic mass is 16.5. The zero-order valence-electron chi connectivity index (χ0n) is 12.9. The number of aryl methyl sites for hydroxylation is 1. The lowest BCUT2D eigenvalue weighted by Crippen LogP contribution is -2.34. The van der Waals surface area contributed by atoms with Gasteiger partial charge in [0.15, 0.2) is 0 Å². The maximum absolute atomic E-state index is 11.9. The lowest BCUT2D eigenvalue weighted by molar-refractivity contribution is 0.0601. The van der Waals surface area contributed by atoms with Gasteiger partial charge in [0.05, 0.1) is 13.3 Å². The van der Waals surface area contributed by atoms with E-state index in [0.29, 0.717) is 11.5 Å². The number of rotatable bonds is 3. The number of hydrogen-bond donors (Lipinski definition) is 0. The monoisotopic (exact) mass is 300 g/mol. The van der Waals surface area contributed by atoms with Gasteiger partial charge in [0.2, 0.25) is 0 Å². The third-order valence-electron chi connectivity index (χ3n) is 4.18. The molecule has 6 nitrogen and oxygen atoms in total. The SMILES string of the molecule is COC(=O)c1cccnc1N1CCC(c2cnn(C)c2)CC1. The molecular weight excluding hydrogens is 280 g/mol. The maximum atomic E-state index is 11.9. The molecule has 1 fully saturated rings. The topological polar surface area (TPSA) is 60.2 Å². The first-order valence-corrected chi connectivity index (χ1v) is 7.46. The summed E-state index contributed by atoms with van der Waals surface area (Å²) in [5, 5.41) is 4.25. The number of hydrogen-bond acceptors (Lipinski definition) is 5. The molecule has 6 heteroatoms. The minimum Gasteiger partial charge on any atom is -0.465 e. The molecule has 0 radical (unpaired) electrons. The molecule has 0 N–H and O–H groups in total. The largest absolute Gasteiger partial charge is 0.465 e. The van der Waals surface area contributed by atoms with E-state index in [1.807, 2.05) is 17.9 Å². The van der Waals surface area contributed by atoms with Gasteiger partial charge in [-0.15, -0.1) is 0 Å². The van der Waals surface area contributed by atoms with E-state index in [-0.39, 0.29) is 5.97 Å². The van der Waals surface area contributed by atoms with E-state index >= 15 is 0 Å². The Balaban J connectivity index is 1.73. The van der Waals surface area contributed by atoms with Gasteiger partial charge in [-0.3, -0.25) is 4.68 Å². The van der Waals surface area contributed by atoms with Crippen LogP contribution in [0, 0.1) is 0 Å². The van der Waals surface area contributed by atoms with E-state index in [2.05, 4.69) is 21.2 Å². The molecule has 1 saturated heterocycles. The van der Waals surface area contributed by atoms with Gasteiger partial charge in [0.1, 0.15) is 11.4 Å². The molecule has 2 aromatic rings. The minimum absolute atomic E-state index is 0.336. The van der Waals surface area contributed by atoms with Crippen LogP contribution in [0.3, 0.4) is 0 Å². The van der Waals surface area contributed by atoms with Crippen LogP contribution in [0.4, 0.5) is 5.82 Å². The fourth-order valence-corrected chi connectivity index (χ4v) is 2.99. The van der Waals surface area contributed by atoms with E-state index in [1.165, 1.54) is 12.7 Å². The molecule has 3 rings (SSSR count). The van der Waals surface area contributed by atoms with Crippen molar-refractivity contribution in [3.8, 4) is 0 Å². The molecule has 0 spiro atoms. The van der Waals surface area contributed by atoms with Crippen LogP contribution < -0.4 is 4.90 Å². The lowest BCUT2D eigenvalue weighted by atomic mass is 9.91.